The SMILES string of the molecule is C[Si]1(C)c2ccc(-c3nc(-c4ccccc4)nc(-c4ccc5oc6cccc(-c7ccccc7)c6c5c4)n3)cc2-c2c(-c3ccccc3)cccc21. The van der Waals surface area contributed by atoms with Crippen LogP contribution in [0, 0.1) is 0 Å². The molecule has 4 nitrogen and oxygen atoms in total. The van der Waals surface area contributed by atoms with E-state index in [4.69, 9.17) is 19.4 Å². The molecule has 1 aliphatic heterocycles. The van der Waals surface area contributed by atoms with Crippen molar-refractivity contribution in [3.05, 3.63) is 164 Å². The molecule has 7 aromatic carbocycles. The van der Waals surface area contributed by atoms with E-state index >= 15 is 0 Å². The van der Waals surface area contributed by atoms with Gasteiger partial charge in [0, 0.05) is 27.5 Å². The molecule has 52 heavy (non-hydrogen) atoms. The van der Waals surface area contributed by atoms with Gasteiger partial charge in [0.05, 0.1) is 0 Å². The first-order chi connectivity index (χ1) is 25.5. The van der Waals surface area contributed by atoms with Gasteiger partial charge in [0.1, 0.15) is 19.2 Å². The van der Waals surface area contributed by atoms with Crippen molar-refractivity contribution < 1.29 is 4.42 Å². The van der Waals surface area contributed by atoms with E-state index in [0.29, 0.717) is 17.5 Å². The van der Waals surface area contributed by atoms with Crippen molar-refractivity contribution in [3.8, 4) is 67.5 Å². The second-order valence-corrected chi connectivity index (χ2v) is 18.3. The van der Waals surface area contributed by atoms with Crippen molar-refractivity contribution in [2.45, 2.75) is 13.1 Å². The Balaban J connectivity index is 1.17. The number of rotatable bonds is 5. The maximum absolute atomic E-state index is 6.37. The Hall–Kier alpha value is -6.43. The fraction of sp³-hybridized carbons (Fsp3) is 0.0426. The maximum atomic E-state index is 6.37. The van der Waals surface area contributed by atoms with Crippen molar-refractivity contribution in [1.82, 2.24) is 15.0 Å². The van der Waals surface area contributed by atoms with Gasteiger partial charge < -0.3 is 4.42 Å². The van der Waals surface area contributed by atoms with Crippen LogP contribution >= 0.6 is 0 Å². The van der Waals surface area contributed by atoms with Crippen LogP contribution < -0.4 is 10.4 Å². The van der Waals surface area contributed by atoms with E-state index < -0.39 is 8.07 Å². The highest BCUT2D eigenvalue weighted by Gasteiger charge is 2.39. The Morgan fingerprint density at radius 1 is 0.404 bits per heavy atom. The summed E-state index contributed by atoms with van der Waals surface area (Å²) in [5.41, 5.74) is 11.9. The molecule has 3 heterocycles. The summed E-state index contributed by atoms with van der Waals surface area (Å²) in [5.74, 6) is 1.92. The van der Waals surface area contributed by atoms with Gasteiger partial charge in [-0.1, -0.05) is 147 Å². The molecule has 246 valence electrons. The van der Waals surface area contributed by atoms with E-state index in [1.54, 1.807) is 0 Å². The van der Waals surface area contributed by atoms with Crippen LogP contribution in [0.4, 0.5) is 0 Å². The normalized spacial score (nSPS) is 13.0. The van der Waals surface area contributed by atoms with E-state index in [1.165, 1.54) is 32.6 Å². The fourth-order valence-electron chi connectivity index (χ4n) is 7.98. The smallest absolute Gasteiger partial charge is 0.164 e. The molecule has 0 N–H and O–H groups in total. The Morgan fingerprint density at radius 2 is 0.962 bits per heavy atom. The summed E-state index contributed by atoms with van der Waals surface area (Å²) in [6, 6.07) is 57.5. The third-order valence-electron chi connectivity index (χ3n) is 10.5. The fourth-order valence-corrected chi connectivity index (χ4v) is 11.0. The average Bonchev–Trinajstić information content (AvgIpc) is 3.70. The average molecular weight is 684 g/mol. The van der Waals surface area contributed by atoms with Crippen LogP contribution in [-0.2, 0) is 0 Å². The molecule has 9 aromatic rings. The van der Waals surface area contributed by atoms with Crippen molar-refractivity contribution in [2.75, 3.05) is 0 Å². The lowest BCUT2D eigenvalue weighted by molar-refractivity contribution is 0.669. The van der Waals surface area contributed by atoms with E-state index in [-0.39, 0.29) is 0 Å². The first kappa shape index (κ1) is 30.4. The second-order valence-electron chi connectivity index (χ2n) is 14.0. The lowest BCUT2D eigenvalue weighted by Crippen LogP contribution is -2.49. The number of benzene rings is 7. The van der Waals surface area contributed by atoms with Crippen LogP contribution in [0.1, 0.15) is 0 Å². The highest BCUT2D eigenvalue weighted by Crippen LogP contribution is 2.40. The molecule has 1 aliphatic rings. The minimum atomic E-state index is -1.93. The molecule has 0 saturated heterocycles. The Morgan fingerprint density at radius 3 is 1.65 bits per heavy atom. The molecule has 0 spiro atoms. The largest absolute Gasteiger partial charge is 0.456 e. The zero-order chi connectivity index (χ0) is 34.8. The van der Waals surface area contributed by atoms with Gasteiger partial charge >= 0.3 is 0 Å². The number of nitrogens with zero attached hydrogens (tertiary/aromatic N) is 3. The number of hydrogen-bond acceptors (Lipinski definition) is 4. The quantitative estimate of drug-likeness (QED) is 0.169. The molecule has 2 aromatic heterocycles. The zero-order valence-corrected chi connectivity index (χ0v) is 29.8. The summed E-state index contributed by atoms with van der Waals surface area (Å²) >= 11 is 0. The predicted octanol–water partition coefficient (Wildman–Crippen LogP) is 10.9. The van der Waals surface area contributed by atoms with Gasteiger partial charge in [-0.05, 0) is 74.1 Å². The van der Waals surface area contributed by atoms with Crippen LogP contribution in [0.25, 0.3) is 89.5 Å². The molecule has 0 radical (unpaired) electrons. The number of fused-ring (bicyclic) bond motifs is 6. The van der Waals surface area contributed by atoms with Crippen LogP contribution in [0.5, 0.6) is 0 Å². The topological polar surface area (TPSA) is 51.8 Å². The minimum Gasteiger partial charge on any atom is -0.456 e. The molecule has 0 aliphatic carbocycles. The summed E-state index contributed by atoms with van der Waals surface area (Å²) in [5, 5.41) is 5.03. The third kappa shape index (κ3) is 4.85. The van der Waals surface area contributed by atoms with Gasteiger partial charge in [0.2, 0.25) is 0 Å². The van der Waals surface area contributed by atoms with Crippen LogP contribution in [0.15, 0.2) is 168 Å². The number of furan rings is 1. The molecule has 0 bridgehead atoms. The van der Waals surface area contributed by atoms with Gasteiger partial charge in [-0.3, -0.25) is 0 Å². The highest BCUT2D eigenvalue weighted by atomic mass is 28.3. The third-order valence-corrected chi connectivity index (χ3v) is 14.1. The van der Waals surface area contributed by atoms with Gasteiger partial charge in [-0.15, -0.1) is 0 Å². The molecular formula is C47H33N3OSi. The predicted molar refractivity (Wildman–Crippen MR) is 216 cm³/mol. The van der Waals surface area contributed by atoms with E-state index in [9.17, 15) is 0 Å². The van der Waals surface area contributed by atoms with Crippen molar-refractivity contribution >= 4 is 40.4 Å². The second kappa shape index (κ2) is 11.8. The van der Waals surface area contributed by atoms with E-state index in [1.807, 2.05) is 36.4 Å². The monoisotopic (exact) mass is 683 g/mol. The first-order valence-corrected chi connectivity index (χ1v) is 20.7. The zero-order valence-electron chi connectivity index (χ0n) is 28.8. The summed E-state index contributed by atoms with van der Waals surface area (Å²) in [7, 11) is -1.93. The summed E-state index contributed by atoms with van der Waals surface area (Å²) in [4.78, 5) is 15.4. The van der Waals surface area contributed by atoms with E-state index in [0.717, 1.165) is 49.8 Å². The first-order valence-electron chi connectivity index (χ1n) is 17.7. The van der Waals surface area contributed by atoms with Crippen molar-refractivity contribution in [3.63, 3.8) is 0 Å². The van der Waals surface area contributed by atoms with Gasteiger partial charge in [0.25, 0.3) is 0 Å². The molecule has 0 unspecified atom stereocenters. The maximum Gasteiger partial charge on any atom is 0.164 e. The molecule has 0 fully saturated rings. The lowest BCUT2D eigenvalue weighted by atomic mass is 9.94. The Labute approximate surface area is 303 Å². The molecule has 0 saturated carbocycles. The Bertz CT molecular complexity index is 2810. The van der Waals surface area contributed by atoms with Gasteiger partial charge in [-0.25, -0.2) is 15.0 Å². The minimum absolute atomic E-state index is 0.623. The van der Waals surface area contributed by atoms with E-state index in [2.05, 4.69) is 140 Å². The molecular weight excluding hydrogens is 651 g/mol. The molecule has 5 heteroatoms. The Kier molecular flexibility index (Phi) is 6.91. The van der Waals surface area contributed by atoms with Crippen LogP contribution in [0.3, 0.4) is 0 Å². The number of hydrogen-bond donors (Lipinski definition) is 0. The highest BCUT2D eigenvalue weighted by molar-refractivity contribution is 7.04. The summed E-state index contributed by atoms with van der Waals surface area (Å²) in [6.07, 6.45) is 0. The summed E-state index contributed by atoms with van der Waals surface area (Å²) < 4.78 is 6.37. The molecule has 0 amide bonds. The standard InChI is InChI=1S/C47H33N3OSi/c1-52(2)41-27-25-34(29-38(41)44-36(21-13-23-42(44)52)31-16-8-4-9-17-31)47-49-45(32-18-10-5-11-19-32)48-46(50-47)33-24-26-39-37(28-33)43-35(20-12-22-40(43)51-39)30-14-6-3-7-15-30/h3-29H,1-2H3. The summed E-state index contributed by atoms with van der Waals surface area (Å²) in [6.45, 7) is 4.92. The molecule has 10 rings (SSSR count). The van der Waals surface area contributed by atoms with Crippen LogP contribution in [-0.4, -0.2) is 23.0 Å². The van der Waals surface area contributed by atoms with Crippen LogP contribution in [0.2, 0.25) is 13.1 Å². The number of aromatic nitrogens is 3. The van der Waals surface area contributed by atoms with Gasteiger partial charge in [0.15, 0.2) is 17.5 Å². The molecule has 0 atom stereocenters. The van der Waals surface area contributed by atoms with Crippen molar-refractivity contribution in [2.24, 2.45) is 0 Å². The van der Waals surface area contributed by atoms with Crippen molar-refractivity contribution in [1.29, 1.82) is 0 Å². The lowest BCUT2D eigenvalue weighted by Gasteiger charge is -2.19. The van der Waals surface area contributed by atoms with Gasteiger partial charge in [-0.2, -0.15) is 0 Å².